The van der Waals surface area contributed by atoms with Crippen molar-refractivity contribution in [3.05, 3.63) is 40.1 Å². The number of halogens is 1. The first-order chi connectivity index (χ1) is 19.8. The van der Waals surface area contributed by atoms with Gasteiger partial charge in [0, 0.05) is 42.7 Å². The van der Waals surface area contributed by atoms with Gasteiger partial charge in [0.05, 0.1) is 36.1 Å². The lowest BCUT2D eigenvalue weighted by Crippen LogP contribution is -2.58. The molecule has 1 spiro atoms. The van der Waals surface area contributed by atoms with Crippen LogP contribution < -0.4 is 15.4 Å². The molecule has 5 aliphatic rings. The van der Waals surface area contributed by atoms with Gasteiger partial charge in [0.1, 0.15) is 30.3 Å². The summed E-state index contributed by atoms with van der Waals surface area (Å²) in [5.41, 5.74) is 9.98. The Bertz CT molecular complexity index is 1420. The first kappa shape index (κ1) is 26.9. The standard InChI is InChI=1S/C31H39FN6O3/c1-18-6-8-31(27-21(18)4-5-24(34)22(27)12-33)11-25-23(16-41-31)28(38-13-19(2)26(38)15-39)36-29(35-25)40-17-30-7-3-9-37(30)14-20(32)10-30/h4-5,18-20,26,39H,3,6-11,13-17,34H2,1-2H3/t18?,19-,20+,26-,30-,31-/m0/s1. The molecule has 10 heteroatoms. The number of nitriles is 1. The number of fused-ring (bicyclic) bond motifs is 4. The van der Waals surface area contributed by atoms with Gasteiger partial charge in [-0.1, -0.05) is 19.9 Å². The first-order valence-electron chi connectivity index (χ1n) is 15.0. The summed E-state index contributed by atoms with van der Waals surface area (Å²) in [5, 5.41) is 20.2. The smallest absolute Gasteiger partial charge is 0.318 e. The van der Waals surface area contributed by atoms with Crippen LogP contribution in [0.15, 0.2) is 12.1 Å². The topological polar surface area (TPSA) is 121 Å². The Kier molecular flexibility index (Phi) is 6.41. The number of aliphatic hydroxyl groups is 1. The molecule has 3 fully saturated rings. The Balaban J connectivity index is 1.28. The molecule has 0 bridgehead atoms. The highest BCUT2D eigenvalue weighted by Gasteiger charge is 2.50. The third-order valence-corrected chi connectivity index (χ3v) is 10.6. The van der Waals surface area contributed by atoms with Crippen LogP contribution in [0.2, 0.25) is 0 Å². The van der Waals surface area contributed by atoms with E-state index in [1.807, 2.05) is 12.1 Å². The summed E-state index contributed by atoms with van der Waals surface area (Å²) in [6.45, 7) is 7.12. The van der Waals surface area contributed by atoms with Crippen LogP contribution in [0, 0.1) is 17.2 Å². The Morgan fingerprint density at radius 1 is 1.27 bits per heavy atom. The van der Waals surface area contributed by atoms with E-state index >= 15 is 0 Å². The zero-order chi connectivity index (χ0) is 28.5. The van der Waals surface area contributed by atoms with Crippen LogP contribution in [0.1, 0.15) is 79.8 Å². The number of aromatic nitrogens is 2. The number of nitrogens with two attached hydrogens (primary N) is 1. The van der Waals surface area contributed by atoms with Crippen molar-refractivity contribution in [1.29, 1.82) is 5.26 Å². The third-order valence-electron chi connectivity index (χ3n) is 10.6. The van der Waals surface area contributed by atoms with Crippen molar-refractivity contribution in [1.82, 2.24) is 14.9 Å². The quantitative estimate of drug-likeness (QED) is 0.527. The van der Waals surface area contributed by atoms with Crippen LogP contribution in [0.4, 0.5) is 15.9 Å². The van der Waals surface area contributed by atoms with E-state index < -0.39 is 11.8 Å². The highest BCUT2D eigenvalue weighted by molar-refractivity contribution is 5.64. The molecule has 1 aromatic carbocycles. The first-order valence-corrected chi connectivity index (χ1v) is 15.0. The van der Waals surface area contributed by atoms with Gasteiger partial charge in [-0.25, -0.2) is 4.39 Å². The molecular formula is C31H39FN6O3. The predicted molar refractivity (Wildman–Crippen MR) is 151 cm³/mol. The van der Waals surface area contributed by atoms with Crippen molar-refractivity contribution >= 4 is 11.5 Å². The van der Waals surface area contributed by atoms with Crippen molar-refractivity contribution in [2.45, 2.75) is 88.3 Å². The summed E-state index contributed by atoms with van der Waals surface area (Å²) in [7, 11) is 0. The molecule has 3 N–H and O–H groups in total. The molecule has 3 saturated heterocycles. The molecule has 0 radical (unpaired) electrons. The van der Waals surface area contributed by atoms with Crippen molar-refractivity contribution < 1.29 is 19.0 Å². The van der Waals surface area contributed by atoms with E-state index in [2.05, 4.69) is 29.7 Å². The minimum Gasteiger partial charge on any atom is -0.461 e. The second kappa shape index (κ2) is 9.79. The molecule has 0 saturated carbocycles. The number of alkyl halides is 1. The van der Waals surface area contributed by atoms with Crippen molar-refractivity contribution in [3.63, 3.8) is 0 Å². The molecule has 41 heavy (non-hydrogen) atoms. The lowest BCUT2D eigenvalue weighted by molar-refractivity contribution is -0.0874. The van der Waals surface area contributed by atoms with E-state index in [1.165, 1.54) is 0 Å². The molecule has 5 heterocycles. The van der Waals surface area contributed by atoms with E-state index in [0.29, 0.717) is 55.7 Å². The van der Waals surface area contributed by atoms with Gasteiger partial charge in [-0.15, -0.1) is 0 Å². The summed E-state index contributed by atoms with van der Waals surface area (Å²) < 4.78 is 27.5. The second-order valence-electron chi connectivity index (χ2n) is 13.0. The van der Waals surface area contributed by atoms with Gasteiger partial charge in [-0.05, 0) is 55.7 Å². The molecule has 1 aliphatic carbocycles. The average Bonchev–Trinajstić information content (AvgIpc) is 3.48. The fraction of sp³-hybridized carbons (Fsp3) is 0.645. The SMILES string of the molecule is CC1CC[C@]2(Cc3nc(OC[C@@]45CCCN4C[C@H](F)C5)nc(N4C[C@H](C)[C@@H]4CO)c3CO2)c2c1ccc(N)c2C#N. The highest BCUT2D eigenvalue weighted by atomic mass is 19.1. The molecule has 218 valence electrons. The van der Waals surface area contributed by atoms with Crippen molar-refractivity contribution in [2.75, 3.05) is 43.5 Å². The number of nitrogens with zero attached hydrogens (tertiary/aromatic N) is 5. The van der Waals surface area contributed by atoms with Gasteiger partial charge in [0.25, 0.3) is 0 Å². The number of nitrogen functional groups attached to an aromatic ring is 1. The Labute approximate surface area is 240 Å². The summed E-state index contributed by atoms with van der Waals surface area (Å²) in [6.07, 6.45) is 3.75. The number of ether oxygens (including phenoxy) is 2. The zero-order valence-electron chi connectivity index (χ0n) is 23.9. The maximum Gasteiger partial charge on any atom is 0.318 e. The number of anilines is 2. The monoisotopic (exact) mass is 562 g/mol. The Morgan fingerprint density at radius 3 is 2.90 bits per heavy atom. The lowest BCUT2D eigenvalue weighted by Gasteiger charge is -2.49. The molecule has 1 aromatic heterocycles. The van der Waals surface area contributed by atoms with E-state index in [-0.39, 0.29) is 24.2 Å². The Morgan fingerprint density at radius 2 is 2.12 bits per heavy atom. The van der Waals surface area contributed by atoms with E-state index in [1.54, 1.807) is 0 Å². The normalized spacial score (nSPS) is 34.1. The van der Waals surface area contributed by atoms with Crippen molar-refractivity contribution in [3.8, 4) is 12.1 Å². The summed E-state index contributed by atoms with van der Waals surface area (Å²) in [5.74, 6) is 1.37. The molecule has 2 aromatic rings. The number of aliphatic hydroxyl groups excluding tert-OH is 1. The lowest BCUT2D eigenvalue weighted by atomic mass is 9.69. The molecule has 4 aliphatic heterocycles. The maximum absolute atomic E-state index is 14.4. The van der Waals surface area contributed by atoms with Crippen LogP contribution in [0.3, 0.4) is 0 Å². The summed E-state index contributed by atoms with van der Waals surface area (Å²) in [6, 6.07) is 6.47. The van der Waals surface area contributed by atoms with Crippen LogP contribution >= 0.6 is 0 Å². The van der Waals surface area contributed by atoms with Crippen LogP contribution in [-0.4, -0.2) is 70.6 Å². The maximum atomic E-state index is 14.4. The number of rotatable bonds is 5. The fourth-order valence-electron chi connectivity index (χ4n) is 8.24. The van der Waals surface area contributed by atoms with Gasteiger partial charge < -0.3 is 25.2 Å². The third kappa shape index (κ3) is 4.11. The van der Waals surface area contributed by atoms with Gasteiger partial charge in [-0.3, -0.25) is 4.90 Å². The van der Waals surface area contributed by atoms with E-state index in [0.717, 1.165) is 67.0 Å². The molecule has 7 rings (SSSR count). The average molecular weight is 563 g/mol. The summed E-state index contributed by atoms with van der Waals surface area (Å²) in [4.78, 5) is 14.2. The van der Waals surface area contributed by atoms with Crippen LogP contribution in [0.5, 0.6) is 6.01 Å². The van der Waals surface area contributed by atoms with Gasteiger partial charge in [0.2, 0.25) is 0 Å². The van der Waals surface area contributed by atoms with Crippen LogP contribution in [-0.2, 0) is 23.4 Å². The van der Waals surface area contributed by atoms with Gasteiger partial charge in [0.15, 0.2) is 0 Å². The van der Waals surface area contributed by atoms with Crippen LogP contribution in [0.25, 0.3) is 0 Å². The number of hydrogen-bond donors (Lipinski definition) is 2. The number of hydrogen-bond acceptors (Lipinski definition) is 9. The van der Waals surface area contributed by atoms with E-state index in [4.69, 9.17) is 25.2 Å². The zero-order valence-corrected chi connectivity index (χ0v) is 23.9. The largest absolute Gasteiger partial charge is 0.461 e. The predicted octanol–water partition coefficient (Wildman–Crippen LogP) is 3.57. The van der Waals surface area contributed by atoms with Crippen molar-refractivity contribution in [2.24, 2.45) is 5.92 Å². The fourth-order valence-corrected chi connectivity index (χ4v) is 8.24. The molecule has 1 unspecified atom stereocenters. The molecule has 9 nitrogen and oxygen atoms in total. The molecular weight excluding hydrogens is 523 g/mol. The minimum atomic E-state index is -0.834. The Hall–Kier alpha value is -3.00. The number of benzene rings is 1. The van der Waals surface area contributed by atoms with Gasteiger partial charge in [-0.2, -0.15) is 15.2 Å². The summed E-state index contributed by atoms with van der Waals surface area (Å²) >= 11 is 0. The molecule has 6 atom stereocenters. The second-order valence-corrected chi connectivity index (χ2v) is 13.0. The van der Waals surface area contributed by atoms with E-state index in [9.17, 15) is 14.8 Å². The minimum absolute atomic E-state index is 0.0347. The van der Waals surface area contributed by atoms with Gasteiger partial charge >= 0.3 is 6.01 Å². The highest BCUT2D eigenvalue weighted by Crippen LogP contribution is 2.51. The molecule has 0 amide bonds.